The molecule has 0 radical (unpaired) electrons. The minimum absolute atomic E-state index is 0.00884. The van der Waals surface area contributed by atoms with Crippen molar-refractivity contribution in [3.05, 3.63) is 23.0 Å². The molecule has 7 atom stereocenters. The molecule has 5 N–H and O–H groups in total. The number of fused-ring (bicyclic) bond motifs is 1. The van der Waals surface area contributed by atoms with E-state index in [0.717, 1.165) is 0 Å². The van der Waals surface area contributed by atoms with E-state index in [1.54, 1.807) is 20.9 Å². The number of imidazole rings is 1. The van der Waals surface area contributed by atoms with Gasteiger partial charge in [0.2, 0.25) is 11.7 Å². The average Bonchev–Trinajstić information content (AvgIpc) is 3.19. The summed E-state index contributed by atoms with van der Waals surface area (Å²) in [5, 5.41) is 29.4. The van der Waals surface area contributed by atoms with Gasteiger partial charge in [0.15, 0.2) is 18.0 Å². The van der Waals surface area contributed by atoms with Crippen molar-refractivity contribution >= 4 is 18.8 Å². The number of nitrogens with one attached hydrogen (secondary N) is 1. The van der Waals surface area contributed by atoms with Crippen LogP contribution >= 0.6 is 7.60 Å². The molecule has 2 aromatic rings. The van der Waals surface area contributed by atoms with Crippen LogP contribution in [-0.4, -0.2) is 64.5 Å². The molecule has 0 aromatic carbocycles. The topological polar surface area (TPSA) is 171 Å². The molecule has 3 heterocycles. The van der Waals surface area contributed by atoms with E-state index in [4.69, 9.17) is 9.26 Å². The molecule has 1 aliphatic rings. The fraction of sp³-hybridized carbons (Fsp3) is 0.722. The number of aliphatic hydroxyl groups is 3. The van der Waals surface area contributed by atoms with Gasteiger partial charge in [-0.05, 0) is 19.8 Å². The lowest BCUT2D eigenvalue weighted by molar-refractivity contribution is -0.745. The van der Waals surface area contributed by atoms with E-state index in [2.05, 4.69) is 9.97 Å². The second-order valence-corrected chi connectivity index (χ2v) is 10.3. The largest absolute Gasteiger partial charge is 0.387 e. The Morgan fingerprint density at radius 2 is 2.10 bits per heavy atom. The number of aromatic nitrogens is 4. The summed E-state index contributed by atoms with van der Waals surface area (Å²) in [5.41, 5.74) is 0.177. The molecule has 0 aliphatic carbocycles. The molecule has 3 unspecified atom stereocenters. The van der Waals surface area contributed by atoms with Crippen LogP contribution in [0.1, 0.15) is 46.3 Å². The van der Waals surface area contributed by atoms with E-state index >= 15 is 0 Å². The summed E-state index contributed by atoms with van der Waals surface area (Å²) in [5.74, 6) is 0. The Kier molecular flexibility index (Phi) is 6.73. The standard InChI is InChI=1S/C18H29N4O8P/c1-5-10(30-31(27,28)18(3,26)6-2)7-11-13(23)14(24)17(29-11)22-9-21(4)12-15(22)19-8-20-16(12)25/h8-11,13-14,17,23-24,26H,5-7H2,1-4H3,(H-,19,20,25,27,28)/p+1/t10?,11-,13-,14-,17-,18?/m1/s1. The van der Waals surface area contributed by atoms with Gasteiger partial charge < -0.3 is 29.5 Å². The molecule has 1 aliphatic heterocycles. The van der Waals surface area contributed by atoms with Crippen LogP contribution in [0.2, 0.25) is 0 Å². The molecule has 1 saturated heterocycles. The molecular weight excluding hydrogens is 431 g/mol. The van der Waals surface area contributed by atoms with Gasteiger partial charge in [-0.2, -0.15) is 0 Å². The first-order valence-electron chi connectivity index (χ1n) is 10.1. The summed E-state index contributed by atoms with van der Waals surface area (Å²) in [6.07, 6.45) is -2.29. The van der Waals surface area contributed by atoms with Crippen LogP contribution in [-0.2, 0) is 20.9 Å². The number of aliphatic hydroxyl groups excluding tert-OH is 2. The van der Waals surface area contributed by atoms with Gasteiger partial charge in [0, 0.05) is 6.42 Å². The Balaban J connectivity index is 1.82. The number of aryl methyl sites for hydroxylation is 1. The minimum atomic E-state index is -4.37. The quantitative estimate of drug-likeness (QED) is 0.260. The molecule has 12 nitrogen and oxygen atoms in total. The van der Waals surface area contributed by atoms with Crippen LogP contribution in [0.3, 0.4) is 0 Å². The van der Waals surface area contributed by atoms with E-state index in [9.17, 15) is 29.6 Å². The monoisotopic (exact) mass is 461 g/mol. The Morgan fingerprint density at radius 1 is 1.42 bits per heavy atom. The molecule has 0 bridgehead atoms. The number of nitrogens with zero attached hydrogens (tertiary/aromatic N) is 3. The zero-order chi connectivity index (χ0) is 23.1. The molecule has 0 amide bonds. The highest BCUT2D eigenvalue weighted by Gasteiger charge is 2.49. The van der Waals surface area contributed by atoms with E-state index in [1.165, 1.54) is 28.7 Å². The first-order valence-corrected chi connectivity index (χ1v) is 11.7. The smallest absolute Gasteiger partial charge is 0.359 e. The Hall–Kier alpha value is -1.66. The van der Waals surface area contributed by atoms with Crippen molar-refractivity contribution in [3.63, 3.8) is 0 Å². The molecular formula is C18H30N4O8P+. The molecule has 2 aromatic heterocycles. The maximum atomic E-state index is 12.5. The zero-order valence-corrected chi connectivity index (χ0v) is 18.8. The van der Waals surface area contributed by atoms with Gasteiger partial charge in [-0.3, -0.25) is 18.9 Å². The number of hydrogen-bond acceptors (Lipinski definition) is 8. The fourth-order valence-electron chi connectivity index (χ4n) is 3.59. The summed E-state index contributed by atoms with van der Waals surface area (Å²) in [4.78, 5) is 28.9. The van der Waals surface area contributed by atoms with Crippen molar-refractivity contribution in [1.29, 1.82) is 0 Å². The zero-order valence-electron chi connectivity index (χ0n) is 17.9. The van der Waals surface area contributed by atoms with Crippen molar-refractivity contribution in [2.45, 2.75) is 76.0 Å². The highest BCUT2D eigenvalue weighted by Crippen LogP contribution is 2.56. The van der Waals surface area contributed by atoms with Crippen LogP contribution in [0.25, 0.3) is 11.2 Å². The number of aromatic amines is 1. The maximum Gasteiger partial charge on any atom is 0.359 e. The van der Waals surface area contributed by atoms with Gasteiger partial charge in [0.05, 0.1) is 19.3 Å². The van der Waals surface area contributed by atoms with Crippen LogP contribution in [0.5, 0.6) is 0 Å². The molecule has 1 fully saturated rings. The molecule has 0 spiro atoms. The van der Waals surface area contributed by atoms with E-state index in [1.807, 2.05) is 0 Å². The summed E-state index contributed by atoms with van der Waals surface area (Å²) in [6.45, 7) is 4.53. The summed E-state index contributed by atoms with van der Waals surface area (Å²) in [7, 11) is -2.73. The van der Waals surface area contributed by atoms with E-state index in [-0.39, 0.29) is 29.6 Å². The van der Waals surface area contributed by atoms with Gasteiger partial charge >= 0.3 is 13.2 Å². The predicted molar refractivity (Wildman–Crippen MR) is 108 cm³/mol. The number of rotatable bonds is 8. The van der Waals surface area contributed by atoms with Gasteiger partial charge in [0.25, 0.3) is 5.56 Å². The third-order valence-electron chi connectivity index (χ3n) is 5.84. The number of H-pyrrole nitrogens is 1. The first kappa shape index (κ1) is 24.0. The van der Waals surface area contributed by atoms with Crippen molar-refractivity contribution < 1.29 is 38.6 Å². The highest BCUT2D eigenvalue weighted by atomic mass is 31.2. The minimum Gasteiger partial charge on any atom is -0.387 e. The molecule has 31 heavy (non-hydrogen) atoms. The van der Waals surface area contributed by atoms with Crippen LogP contribution < -0.4 is 10.1 Å². The lowest BCUT2D eigenvalue weighted by Gasteiger charge is -2.31. The SMILES string of the molecule is CCC(C[C@H]1O[C@@H]([n+]2cn(C)c3c(=O)[nH]cnc32)[C@H](O)[C@@H]1O)OP(=O)(O)C(C)(O)CC. The Morgan fingerprint density at radius 3 is 2.71 bits per heavy atom. The highest BCUT2D eigenvalue weighted by molar-refractivity contribution is 7.54. The molecule has 13 heteroatoms. The number of hydrogen-bond donors (Lipinski definition) is 5. The van der Waals surface area contributed by atoms with Crippen molar-refractivity contribution in [2.75, 3.05) is 0 Å². The third-order valence-corrected chi connectivity index (χ3v) is 7.95. The van der Waals surface area contributed by atoms with Crippen LogP contribution in [0.15, 0.2) is 17.4 Å². The van der Waals surface area contributed by atoms with E-state index < -0.39 is 43.6 Å². The summed E-state index contributed by atoms with van der Waals surface area (Å²) < 4.78 is 26.7. The third kappa shape index (κ3) is 4.34. The molecule has 174 valence electrons. The number of ether oxygens (including phenoxy) is 1. The lowest BCUT2D eigenvalue weighted by Crippen LogP contribution is -2.46. The summed E-state index contributed by atoms with van der Waals surface area (Å²) in [6, 6.07) is 0. The Bertz CT molecular complexity index is 1040. The Labute approximate surface area is 178 Å². The van der Waals surface area contributed by atoms with Crippen LogP contribution in [0.4, 0.5) is 0 Å². The van der Waals surface area contributed by atoms with Gasteiger partial charge in [-0.25, -0.2) is 4.57 Å². The van der Waals surface area contributed by atoms with Gasteiger partial charge in [0.1, 0.15) is 12.2 Å². The van der Waals surface area contributed by atoms with Gasteiger partial charge in [-0.15, -0.1) is 0 Å². The van der Waals surface area contributed by atoms with Crippen molar-refractivity contribution in [2.24, 2.45) is 7.05 Å². The summed E-state index contributed by atoms with van der Waals surface area (Å²) >= 11 is 0. The molecule has 3 rings (SSSR count). The van der Waals surface area contributed by atoms with Crippen molar-refractivity contribution in [1.82, 2.24) is 14.5 Å². The predicted octanol–water partition coefficient (Wildman–Crippen LogP) is -0.342. The van der Waals surface area contributed by atoms with Crippen LogP contribution in [0, 0.1) is 0 Å². The normalized spacial score (nSPS) is 29.0. The first-order chi connectivity index (χ1) is 14.4. The average molecular weight is 461 g/mol. The lowest BCUT2D eigenvalue weighted by atomic mass is 10.0. The maximum absolute atomic E-state index is 12.5. The van der Waals surface area contributed by atoms with Gasteiger partial charge in [-0.1, -0.05) is 18.8 Å². The fourth-order valence-corrected chi connectivity index (χ4v) is 4.85. The molecule has 0 saturated carbocycles. The van der Waals surface area contributed by atoms with Crippen molar-refractivity contribution in [3.8, 4) is 0 Å². The second kappa shape index (κ2) is 8.70. The second-order valence-electron chi connectivity index (χ2n) is 8.05. The van der Waals surface area contributed by atoms with E-state index in [0.29, 0.717) is 6.42 Å².